The summed E-state index contributed by atoms with van der Waals surface area (Å²) in [6.07, 6.45) is 1.06. The van der Waals surface area contributed by atoms with Gasteiger partial charge in [-0.05, 0) is 48.2 Å². The van der Waals surface area contributed by atoms with Gasteiger partial charge in [0.25, 0.3) is 0 Å². The molecular formula is C18H24FNS. The number of hydrogen-bond donors (Lipinski definition) is 1. The number of hydrogen-bond acceptors (Lipinski definition) is 2. The summed E-state index contributed by atoms with van der Waals surface area (Å²) in [6, 6.07) is 11.3. The van der Waals surface area contributed by atoms with Crippen molar-refractivity contribution >= 4 is 11.3 Å². The molecule has 1 atom stereocenters. The third kappa shape index (κ3) is 4.14. The fourth-order valence-corrected chi connectivity index (χ4v) is 3.44. The van der Waals surface area contributed by atoms with E-state index in [0.29, 0.717) is 0 Å². The van der Waals surface area contributed by atoms with Crippen molar-refractivity contribution in [3.05, 3.63) is 57.5 Å². The van der Waals surface area contributed by atoms with E-state index in [4.69, 9.17) is 0 Å². The van der Waals surface area contributed by atoms with Gasteiger partial charge in [0, 0.05) is 9.75 Å². The molecular weight excluding hydrogens is 281 g/mol. The van der Waals surface area contributed by atoms with E-state index >= 15 is 0 Å². The van der Waals surface area contributed by atoms with E-state index in [1.807, 2.05) is 17.4 Å². The summed E-state index contributed by atoms with van der Waals surface area (Å²) in [5.74, 6) is -0.177. The highest BCUT2D eigenvalue weighted by Crippen LogP contribution is 2.34. The van der Waals surface area contributed by atoms with Crippen LogP contribution < -0.4 is 5.32 Å². The SMILES string of the molecule is CCCNC(c1cccc(F)c1)c1ccc(C(C)(C)C)s1. The summed E-state index contributed by atoms with van der Waals surface area (Å²) in [5, 5.41) is 3.54. The van der Waals surface area contributed by atoms with Crippen LogP contribution in [0.1, 0.15) is 55.5 Å². The Morgan fingerprint density at radius 1 is 1.19 bits per heavy atom. The lowest BCUT2D eigenvalue weighted by Gasteiger charge is -2.19. The molecule has 0 spiro atoms. The number of halogens is 1. The number of rotatable bonds is 5. The third-order valence-electron chi connectivity index (χ3n) is 3.43. The lowest BCUT2D eigenvalue weighted by atomic mass is 9.95. The summed E-state index contributed by atoms with van der Waals surface area (Å²) in [4.78, 5) is 2.61. The minimum absolute atomic E-state index is 0.0711. The van der Waals surface area contributed by atoms with Crippen LogP contribution in [0.25, 0.3) is 0 Å². The van der Waals surface area contributed by atoms with E-state index < -0.39 is 0 Å². The maximum atomic E-state index is 13.5. The molecule has 1 N–H and O–H groups in total. The monoisotopic (exact) mass is 305 g/mol. The van der Waals surface area contributed by atoms with E-state index in [1.54, 1.807) is 12.1 Å². The molecule has 0 radical (unpaired) electrons. The van der Waals surface area contributed by atoms with Gasteiger partial charge in [-0.15, -0.1) is 11.3 Å². The van der Waals surface area contributed by atoms with Crippen LogP contribution >= 0.6 is 11.3 Å². The number of thiophene rings is 1. The first-order chi connectivity index (χ1) is 9.91. The van der Waals surface area contributed by atoms with Gasteiger partial charge >= 0.3 is 0 Å². The lowest BCUT2D eigenvalue weighted by Crippen LogP contribution is -2.22. The van der Waals surface area contributed by atoms with E-state index in [2.05, 4.69) is 45.1 Å². The first-order valence-electron chi connectivity index (χ1n) is 7.51. The van der Waals surface area contributed by atoms with Gasteiger partial charge in [0.2, 0.25) is 0 Å². The minimum Gasteiger partial charge on any atom is -0.306 e. The second-order valence-corrected chi connectivity index (χ2v) is 7.51. The van der Waals surface area contributed by atoms with E-state index in [0.717, 1.165) is 18.5 Å². The molecule has 0 bridgehead atoms. The van der Waals surface area contributed by atoms with Crippen LogP contribution in [0.3, 0.4) is 0 Å². The molecule has 0 saturated carbocycles. The molecule has 0 aliphatic rings. The zero-order valence-corrected chi connectivity index (χ0v) is 14.1. The van der Waals surface area contributed by atoms with E-state index in [9.17, 15) is 4.39 Å². The van der Waals surface area contributed by atoms with Gasteiger partial charge in [0.1, 0.15) is 5.82 Å². The van der Waals surface area contributed by atoms with Crippen molar-refractivity contribution in [1.82, 2.24) is 5.32 Å². The smallest absolute Gasteiger partial charge is 0.123 e. The molecule has 0 fully saturated rings. The summed E-state index contributed by atoms with van der Waals surface area (Å²) in [7, 11) is 0. The zero-order chi connectivity index (χ0) is 15.5. The standard InChI is InChI=1S/C18H24FNS/c1-5-11-20-17(13-7-6-8-14(19)12-13)15-9-10-16(21-15)18(2,3)4/h6-10,12,17,20H,5,11H2,1-4H3. The van der Waals surface area contributed by atoms with Crippen LogP contribution in [0.4, 0.5) is 4.39 Å². The lowest BCUT2D eigenvalue weighted by molar-refractivity contribution is 0.590. The fraction of sp³-hybridized carbons (Fsp3) is 0.444. The van der Waals surface area contributed by atoms with Crippen molar-refractivity contribution in [2.24, 2.45) is 0 Å². The van der Waals surface area contributed by atoms with Crippen LogP contribution in [-0.2, 0) is 5.41 Å². The molecule has 0 aliphatic heterocycles. The second kappa shape index (κ2) is 6.71. The molecule has 2 rings (SSSR count). The van der Waals surface area contributed by atoms with Gasteiger partial charge in [0.15, 0.2) is 0 Å². The topological polar surface area (TPSA) is 12.0 Å². The average molecular weight is 305 g/mol. The zero-order valence-electron chi connectivity index (χ0n) is 13.2. The molecule has 21 heavy (non-hydrogen) atoms. The van der Waals surface area contributed by atoms with Crippen molar-refractivity contribution in [2.75, 3.05) is 6.54 Å². The van der Waals surface area contributed by atoms with Crippen LogP contribution in [0.15, 0.2) is 36.4 Å². The van der Waals surface area contributed by atoms with Crippen LogP contribution in [-0.4, -0.2) is 6.54 Å². The second-order valence-electron chi connectivity index (χ2n) is 6.39. The Labute approximate surface area is 131 Å². The molecule has 1 aromatic heterocycles. The molecule has 0 saturated heterocycles. The Morgan fingerprint density at radius 3 is 2.52 bits per heavy atom. The molecule has 1 unspecified atom stereocenters. The largest absolute Gasteiger partial charge is 0.306 e. The number of nitrogens with one attached hydrogen (secondary N) is 1. The van der Waals surface area contributed by atoms with Crippen LogP contribution in [0.2, 0.25) is 0 Å². The maximum Gasteiger partial charge on any atom is 0.123 e. The fourth-order valence-electron chi connectivity index (χ4n) is 2.27. The van der Waals surface area contributed by atoms with Crippen molar-refractivity contribution in [3.8, 4) is 0 Å². The molecule has 3 heteroatoms. The van der Waals surface area contributed by atoms with Crippen LogP contribution in [0, 0.1) is 5.82 Å². The average Bonchev–Trinajstić information content (AvgIpc) is 2.89. The Morgan fingerprint density at radius 2 is 1.95 bits per heavy atom. The highest BCUT2D eigenvalue weighted by atomic mass is 32.1. The van der Waals surface area contributed by atoms with Crippen molar-refractivity contribution < 1.29 is 4.39 Å². The van der Waals surface area contributed by atoms with Gasteiger partial charge in [-0.3, -0.25) is 0 Å². The molecule has 1 nitrogen and oxygen atoms in total. The third-order valence-corrected chi connectivity index (χ3v) is 5.01. The van der Waals surface area contributed by atoms with Crippen LogP contribution in [0.5, 0.6) is 0 Å². The maximum absolute atomic E-state index is 13.5. The first kappa shape index (κ1) is 16.2. The minimum atomic E-state index is -0.177. The predicted octanol–water partition coefficient (Wildman–Crippen LogP) is 5.27. The van der Waals surface area contributed by atoms with Crippen molar-refractivity contribution in [3.63, 3.8) is 0 Å². The highest BCUT2D eigenvalue weighted by Gasteiger charge is 2.20. The normalized spacial score (nSPS) is 13.4. The Bertz CT molecular complexity index is 583. The molecule has 114 valence electrons. The Kier molecular flexibility index (Phi) is 5.17. The molecule has 0 amide bonds. The first-order valence-corrected chi connectivity index (χ1v) is 8.32. The predicted molar refractivity (Wildman–Crippen MR) is 89.6 cm³/mol. The summed E-state index contributed by atoms with van der Waals surface area (Å²) >= 11 is 1.81. The Balaban J connectivity index is 2.34. The van der Waals surface area contributed by atoms with Gasteiger partial charge in [0.05, 0.1) is 6.04 Å². The van der Waals surface area contributed by atoms with E-state index in [1.165, 1.54) is 15.8 Å². The molecule has 2 aromatic rings. The summed E-state index contributed by atoms with van der Waals surface area (Å²) in [6.45, 7) is 9.73. The number of benzene rings is 1. The van der Waals surface area contributed by atoms with Gasteiger partial charge in [-0.2, -0.15) is 0 Å². The van der Waals surface area contributed by atoms with Crippen molar-refractivity contribution in [1.29, 1.82) is 0 Å². The van der Waals surface area contributed by atoms with Crippen molar-refractivity contribution in [2.45, 2.75) is 45.6 Å². The quantitative estimate of drug-likeness (QED) is 0.793. The van der Waals surface area contributed by atoms with Gasteiger partial charge in [-0.1, -0.05) is 39.8 Å². The summed E-state index contributed by atoms with van der Waals surface area (Å²) < 4.78 is 13.5. The van der Waals surface area contributed by atoms with E-state index in [-0.39, 0.29) is 17.3 Å². The Hall–Kier alpha value is -1.19. The molecule has 1 heterocycles. The highest BCUT2D eigenvalue weighted by molar-refractivity contribution is 7.12. The summed E-state index contributed by atoms with van der Waals surface area (Å²) in [5.41, 5.74) is 1.14. The van der Waals surface area contributed by atoms with Gasteiger partial charge in [-0.25, -0.2) is 4.39 Å². The molecule has 0 aliphatic carbocycles. The molecule has 1 aromatic carbocycles. The van der Waals surface area contributed by atoms with Gasteiger partial charge < -0.3 is 5.32 Å².